The lowest BCUT2D eigenvalue weighted by molar-refractivity contribution is 0.157. The van der Waals surface area contributed by atoms with Crippen LogP contribution in [0.2, 0.25) is 0 Å². The summed E-state index contributed by atoms with van der Waals surface area (Å²) in [6, 6.07) is 16.3. The number of rotatable bonds is 7. The molecule has 34 heavy (non-hydrogen) atoms. The average molecular weight is 465 g/mol. The Hall–Kier alpha value is -3.87. The van der Waals surface area contributed by atoms with E-state index < -0.39 is 17.7 Å². The van der Waals surface area contributed by atoms with E-state index in [0.29, 0.717) is 24.6 Å². The van der Waals surface area contributed by atoms with Gasteiger partial charge in [-0.05, 0) is 67.9 Å². The van der Waals surface area contributed by atoms with Gasteiger partial charge in [0.25, 0.3) is 0 Å². The predicted molar refractivity (Wildman–Crippen MR) is 128 cm³/mol. The summed E-state index contributed by atoms with van der Waals surface area (Å²) in [6.07, 6.45) is 1.39. The first kappa shape index (κ1) is 23.3. The minimum Gasteiger partial charge on any atom is -0.497 e. The van der Waals surface area contributed by atoms with Gasteiger partial charge in [0.1, 0.15) is 23.1 Å². The molecule has 0 radical (unpaired) electrons. The summed E-state index contributed by atoms with van der Waals surface area (Å²) >= 11 is 0. The number of carbonyl (C=O) groups excluding carboxylic acids is 1. The van der Waals surface area contributed by atoms with E-state index in [1.807, 2.05) is 61.0 Å². The monoisotopic (exact) mass is 464 g/mol. The first-order valence-corrected chi connectivity index (χ1v) is 11.1. The van der Waals surface area contributed by atoms with E-state index in [1.54, 1.807) is 18.1 Å². The summed E-state index contributed by atoms with van der Waals surface area (Å²) in [5.41, 5.74) is 2.63. The number of fused-ring (bicyclic) bond motifs is 1. The summed E-state index contributed by atoms with van der Waals surface area (Å²) in [5, 5.41) is 0.826. The maximum atomic E-state index is 14.3. The van der Waals surface area contributed by atoms with Crippen molar-refractivity contribution in [2.24, 2.45) is 0 Å². The molecule has 0 atom stereocenters. The summed E-state index contributed by atoms with van der Waals surface area (Å²) < 4.78 is 40.9. The second kappa shape index (κ2) is 9.95. The number of carbonyl (C=O) groups is 1. The van der Waals surface area contributed by atoms with Crippen LogP contribution in [0.4, 0.5) is 13.6 Å². The van der Waals surface area contributed by atoms with Gasteiger partial charge in [-0.25, -0.2) is 13.6 Å². The van der Waals surface area contributed by atoms with Gasteiger partial charge < -0.3 is 18.9 Å². The van der Waals surface area contributed by atoms with Gasteiger partial charge in [0.15, 0.2) is 0 Å². The second-order valence-corrected chi connectivity index (χ2v) is 7.82. The molecule has 0 fully saturated rings. The van der Waals surface area contributed by atoms with E-state index in [0.717, 1.165) is 34.2 Å². The zero-order valence-electron chi connectivity index (χ0n) is 19.3. The van der Waals surface area contributed by atoms with Crippen LogP contribution in [-0.4, -0.2) is 35.8 Å². The highest BCUT2D eigenvalue weighted by molar-refractivity contribution is 5.99. The molecule has 0 aliphatic rings. The SMILES string of the molecule is CCN(CC)C(=O)Oc1ccc2c(ccn2Cc2cc(F)ccc2F)c1-c1ccc(OC)cc1. The molecule has 0 bridgehead atoms. The Morgan fingerprint density at radius 2 is 1.71 bits per heavy atom. The zero-order valence-corrected chi connectivity index (χ0v) is 19.3. The number of nitrogens with zero attached hydrogens (tertiary/aromatic N) is 2. The average Bonchev–Trinajstić information content (AvgIpc) is 3.25. The quantitative estimate of drug-likeness (QED) is 0.314. The number of benzene rings is 3. The van der Waals surface area contributed by atoms with Crippen molar-refractivity contribution >= 4 is 17.0 Å². The van der Waals surface area contributed by atoms with E-state index in [-0.39, 0.29) is 12.1 Å². The van der Waals surface area contributed by atoms with Gasteiger partial charge in [-0.2, -0.15) is 0 Å². The summed E-state index contributed by atoms with van der Waals surface area (Å²) in [4.78, 5) is 14.3. The van der Waals surface area contributed by atoms with Gasteiger partial charge in [0, 0.05) is 41.3 Å². The lowest BCUT2D eigenvalue weighted by atomic mass is 10.0. The van der Waals surface area contributed by atoms with Crippen LogP contribution < -0.4 is 9.47 Å². The van der Waals surface area contributed by atoms with Crippen molar-refractivity contribution in [1.29, 1.82) is 0 Å². The molecular weight excluding hydrogens is 438 g/mol. The van der Waals surface area contributed by atoms with Crippen LogP contribution in [-0.2, 0) is 6.54 Å². The van der Waals surface area contributed by atoms with E-state index in [1.165, 1.54) is 6.07 Å². The van der Waals surface area contributed by atoms with Crippen LogP contribution in [0.3, 0.4) is 0 Å². The Morgan fingerprint density at radius 1 is 0.971 bits per heavy atom. The number of amides is 1. The first-order valence-electron chi connectivity index (χ1n) is 11.1. The Kier molecular flexibility index (Phi) is 6.82. The normalized spacial score (nSPS) is 11.0. The highest BCUT2D eigenvalue weighted by Gasteiger charge is 2.19. The highest BCUT2D eigenvalue weighted by Crippen LogP contribution is 2.39. The molecule has 176 valence electrons. The molecule has 0 aliphatic heterocycles. The molecule has 0 unspecified atom stereocenters. The molecule has 0 spiro atoms. The Bertz CT molecular complexity index is 1310. The molecule has 1 amide bonds. The third kappa shape index (κ3) is 4.59. The van der Waals surface area contributed by atoms with E-state index in [2.05, 4.69) is 0 Å². The minimum atomic E-state index is -0.489. The van der Waals surface area contributed by atoms with Crippen LogP contribution in [0.25, 0.3) is 22.0 Å². The maximum Gasteiger partial charge on any atom is 0.415 e. The van der Waals surface area contributed by atoms with Crippen molar-refractivity contribution in [3.8, 4) is 22.6 Å². The molecule has 7 heteroatoms. The predicted octanol–water partition coefficient (Wildman–Crippen LogP) is 6.48. The molecule has 4 aromatic rings. The van der Waals surface area contributed by atoms with Crippen LogP contribution in [0.5, 0.6) is 11.5 Å². The number of hydrogen-bond acceptors (Lipinski definition) is 3. The molecular formula is C27H26F2N2O3. The standard InChI is InChI=1S/C27H26F2N2O3/c1-4-30(5-2)27(32)34-25-13-12-24-22(26(25)18-6-9-21(33-3)10-7-18)14-15-31(24)17-19-16-20(28)8-11-23(19)29/h6-16H,4-5,17H2,1-3H3. The molecule has 1 aromatic heterocycles. The fourth-order valence-corrected chi connectivity index (χ4v) is 4.02. The Morgan fingerprint density at radius 3 is 2.38 bits per heavy atom. The van der Waals surface area contributed by atoms with Crippen LogP contribution >= 0.6 is 0 Å². The fourth-order valence-electron chi connectivity index (χ4n) is 4.02. The number of methoxy groups -OCH3 is 1. The van der Waals surface area contributed by atoms with Gasteiger partial charge >= 0.3 is 6.09 Å². The smallest absolute Gasteiger partial charge is 0.415 e. The molecule has 0 N–H and O–H groups in total. The van der Waals surface area contributed by atoms with Crippen LogP contribution in [0, 0.1) is 11.6 Å². The van der Waals surface area contributed by atoms with Crippen LogP contribution in [0.1, 0.15) is 19.4 Å². The van der Waals surface area contributed by atoms with Gasteiger partial charge in [0.05, 0.1) is 13.7 Å². The highest BCUT2D eigenvalue weighted by atomic mass is 19.1. The van der Waals surface area contributed by atoms with Crippen molar-refractivity contribution in [1.82, 2.24) is 9.47 Å². The summed E-state index contributed by atoms with van der Waals surface area (Å²) in [6.45, 7) is 5.01. The number of ether oxygens (including phenoxy) is 2. The molecule has 0 saturated carbocycles. The molecule has 1 heterocycles. The third-order valence-electron chi connectivity index (χ3n) is 5.86. The van der Waals surface area contributed by atoms with Gasteiger partial charge in [-0.3, -0.25) is 0 Å². The minimum absolute atomic E-state index is 0.160. The molecule has 3 aromatic carbocycles. The zero-order chi connectivity index (χ0) is 24.2. The van der Waals surface area contributed by atoms with Crippen molar-refractivity contribution in [2.45, 2.75) is 20.4 Å². The van der Waals surface area contributed by atoms with E-state index in [4.69, 9.17) is 9.47 Å². The fraction of sp³-hybridized carbons (Fsp3) is 0.222. The maximum absolute atomic E-state index is 14.3. The van der Waals surface area contributed by atoms with E-state index >= 15 is 0 Å². The number of aromatic nitrogens is 1. The molecule has 0 aliphatic carbocycles. The molecule has 4 rings (SSSR count). The third-order valence-corrected chi connectivity index (χ3v) is 5.86. The number of halogens is 2. The van der Waals surface area contributed by atoms with Crippen molar-refractivity contribution in [3.63, 3.8) is 0 Å². The number of hydrogen-bond donors (Lipinski definition) is 0. The molecule has 0 saturated heterocycles. The first-order chi connectivity index (χ1) is 16.4. The van der Waals surface area contributed by atoms with E-state index in [9.17, 15) is 13.6 Å². The van der Waals surface area contributed by atoms with Gasteiger partial charge in [-0.1, -0.05) is 12.1 Å². The van der Waals surface area contributed by atoms with Crippen molar-refractivity contribution in [3.05, 3.63) is 84.1 Å². The topological polar surface area (TPSA) is 43.7 Å². The lowest BCUT2D eigenvalue weighted by Gasteiger charge is -2.20. The molecule has 5 nitrogen and oxygen atoms in total. The van der Waals surface area contributed by atoms with Crippen molar-refractivity contribution in [2.75, 3.05) is 20.2 Å². The Balaban J connectivity index is 1.82. The Labute approximate surface area is 197 Å². The van der Waals surface area contributed by atoms with Crippen LogP contribution in [0.15, 0.2) is 66.9 Å². The largest absolute Gasteiger partial charge is 0.497 e. The van der Waals surface area contributed by atoms with Gasteiger partial charge in [0.2, 0.25) is 0 Å². The van der Waals surface area contributed by atoms with Crippen molar-refractivity contribution < 1.29 is 23.0 Å². The summed E-state index contributed by atoms with van der Waals surface area (Å²) in [7, 11) is 1.60. The van der Waals surface area contributed by atoms with Gasteiger partial charge in [-0.15, -0.1) is 0 Å². The summed E-state index contributed by atoms with van der Waals surface area (Å²) in [5.74, 6) is 0.168. The second-order valence-electron chi connectivity index (χ2n) is 7.82. The lowest BCUT2D eigenvalue weighted by Crippen LogP contribution is -2.33.